The van der Waals surface area contributed by atoms with Crippen LogP contribution in [0.5, 0.6) is 0 Å². The fourth-order valence-corrected chi connectivity index (χ4v) is 6.73. The molecule has 5 nitrogen and oxygen atoms in total. The summed E-state index contributed by atoms with van der Waals surface area (Å²) in [5.41, 5.74) is 11.4. The highest BCUT2D eigenvalue weighted by molar-refractivity contribution is 6.14. The zero-order valence-electron chi connectivity index (χ0n) is 27.7. The summed E-state index contributed by atoms with van der Waals surface area (Å²) in [5.74, 6) is 2.10. The topological polar surface area (TPSA) is 63.6 Å². The van der Waals surface area contributed by atoms with Crippen LogP contribution < -0.4 is 0 Å². The number of aliphatic imine (C=N–C) groups is 2. The Morgan fingerprint density at radius 2 is 1.20 bits per heavy atom. The maximum absolute atomic E-state index is 6.49. The molecule has 0 amide bonds. The Hall–Kier alpha value is -6.72. The van der Waals surface area contributed by atoms with Crippen molar-refractivity contribution in [1.82, 2.24) is 9.97 Å². The standard InChI is InChI=1S/C46H32N4O/c1-3-11-31(12-4-1)37-27-38(32-13-5-2-6-14-32)29-39(28-37)41-30-43-44(40-17-7-8-18-42(40)51-43)50-46(49-41)35-16-9-15-33(19-22-35)34-20-23-36(24-21-34)45-47-25-10-26-48-45/h1-29,35H,30H2. The monoisotopic (exact) mass is 656 g/mol. The smallest absolute Gasteiger partial charge is 0.159 e. The van der Waals surface area contributed by atoms with Gasteiger partial charge in [0.15, 0.2) is 5.82 Å². The molecule has 2 aromatic heterocycles. The largest absolute Gasteiger partial charge is 0.458 e. The van der Waals surface area contributed by atoms with Crippen LogP contribution in [-0.2, 0) is 6.42 Å². The first-order chi connectivity index (χ1) is 25.2. The van der Waals surface area contributed by atoms with E-state index in [4.69, 9.17) is 14.4 Å². The van der Waals surface area contributed by atoms with Gasteiger partial charge in [-0.3, -0.25) is 0 Å². The first kappa shape index (κ1) is 30.3. The molecule has 9 rings (SSSR count). The van der Waals surface area contributed by atoms with Crippen molar-refractivity contribution in [3.05, 3.63) is 193 Å². The zero-order chi connectivity index (χ0) is 34.0. The Labute approximate surface area is 296 Å². The number of aromatic nitrogens is 2. The minimum absolute atomic E-state index is 0.156. The van der Waals surface area contributed by atoms with E-state index < -0.39 is 0 Å². The predicted octanol–water partition coefficient (Wildman–Crippen LogP) is 11.1. The summed E-state index contributed by atoms with van der Waals surface area (Å²) >= 11 is 0. The lowest BCUT2D eigenvalue weighted by molar-refractivity contribution is 0.571. The lowest BCUT2D eigenvalue weighted by atomic mass is 9.93. The lowest BCUT2D eigenvalue weighted by Crippen LogP contribution is -2.12. The van der Waals surface area contributed by atoms with Gasteiger partial charge in [0, 0.05) is 23.3 Å². The van der Waals surface area contributed by atoms with Crippen molar-refractivity contribution in [3.8, 4) is 33.6 Å². The molecule has 242 valence electrons. The molecular formula is C46H32N4O. The van der Waals surface area contributed by atoms with Crippen LogP contribution in [0.15, 0.2) is 191 Å². The van der Waals surface area contributed by atoms with Crippen LogP contribution in [0.3, 0.4) is 0 Å². The first-order valence-corrected chi connectivity index (χ1v) is 17.1. The number of amidine groups is 1. The van der Waals surface area contributed by atoms with Crippen LogP contribution in [0.25, 0.3) is 50.2 Å². The minimum Gasteiger partial charge on any atom is -0.458 e. The number of nitrogens with zero attached hydrogens (tertiary/aromatic N) is 4. The fraction of sp³-hybridized carbons (Fsp3) is 0.0435. The summed E-state index contributed by atoms with van der Waals surface area (Å²) in [4.78, 5) is 19.4. The van der Waals surface area contributed by atoms with E-state index in [1.807, 2.05) is 24.3 Å². The van der Waals surface area contributed by atoms with Gasteiger partial charge in [0.25, 0.3) is 0 Å². The summed E-state index contributed by atoms with van der Waals surface area (Å²) in [5, 5.41) is 0.993. The molecule has 7 aromatic rings. The number of rotatable bonds is 6. The highest BCUT2D eigenvalue weighted by Gasteiger charge is 2.24. The average Bonchev–Trinajstić information content (AvgIpc) is 3.33. The molecule has 0 radical (unpaired) electrons. The van der Waals surface area contributed by atoms with Crippen LogP contribution in [0, 0.1) is 5.92 Å². The third-order valence-electron chi connectivity index (χ3n) is 9.34. The van der Waals surface area contributed by atoms with E-state index >= 15 is 0 Å². The van der Waals surface area contributed by atoms with Gasteiger partial charge in [0.2, 0.25) is 0 Å². The normalized spacial score (nSPS) is 15.4. The van der Waals surface area contributed by atoms with E-state index in [-0.39, 0.29) is 5.92 Å². The van der Waals surface area contributed by atoms with Gasteiger partial charge in [-0.15, -0.1) is 0 Å². The second-order valence-corrected chi connectivity index (χ2v) is 12.6. The van der Waals surface area contributed by atoms with Crippen molar-refractivity contribution >= 4 is 33.8 Å². The number of benzene rings is 5. The van der Waals surface area contributed by atoms with E-state index in [2.05, 4.69) is 150 Å². The third kappa shape index (κ3) is 6.18. The average molecular weight is 657 g/mol. The zero-order valence-corrected chi connectivity index (χ0v) is 27.7. The molecule has 1 atom stereocenters. The second-order valence-electron chi connectivity index (χ2n) is 12.6. The second kappa shape index (κ2) is 13.3. The molecule has 0 fully saturated rings. The molecule has 3 heterocycles. The number of fused-ring (bicyclic) bond motifs is 3. The molecule has 0 N–H and O–H groups in total. The van der Waals surface area contributed by atoms with Crippen molar-refractivity contribution in [2.45, 2.75) is 6.42 Å². The predicted molar refractivity (Wildman–Crippen MR) is 208 cm³/mol. The third-order valence-corrected chi connectivity index (χ3v) is 9.34. The Kier molecular flexibility index (Phi) is 7.91. The number of hydrogen-bond donors (Lipinski definition) is 0. The molecule has 2 aliphatic rings. The maximum Gasteiger partial charge on any atom is 0.159 e. The summed E-state index contributed by atoms with van der Waals surface area (Å²) in [6.45, 7) is 0. The van der Waals surface area contributed by atoms with Gasteiger partial charge < -0.3 is 4.42 Å². The Bertz CT molecular complexity index is 2470. The van der Waals surface area contributed by atoms with Gasteiger partial charge in [0.05, 0.1) is 18.1 Å². The van der Waals surface area contributed by atoms with Crippen molar-refractivity contribution in [1.29, 1.82) is 0 Å². The Balaban J connectivity index is 1.13. The van der Waals surface area contributed by atoms with E-state index in [9.17, 15) is 0 Å². The quantitative estimate of drug-likeness (QED) is 0.179. The van der Waals surface area contributed by atoms with Crippen molar-refractivity contribution in [3.63, 3.8) is 0 Å². The fourth-order valence-electron chi connectivity index (χ4n) is 6.73. The van der Waals surface area contributed by atoms with Crippen LogP contribution in [0.1, 0.15) is 16.9 Å². The molecule has 1 unspecified atom stereocenters. The van der Waals surface area contributed by atoms with E-state index in [0.29, 0.717) is 12.2 Å². The SMILES string of the molecule is C1=CC(C2=Nc3c(oc4ccccc34)CC(c3cc(-c4ccccc4)cc(-c4ccccc4)c3)=N2)C=CC(c2ccc(-c3ncccn3)cc2)=C1. The molecule has 1 aliphatic carbocycles. The van der Waals surface area contributed by atoms with Crippen molar-refractivity contribution < 1.29 is 4.42 Å². The van der Waals surface area contributed by atoms with Gasteiger partial charge in [-0.2, -0.15) is 0 Å². The van der Waals surface area contributed by atoms with E-state index in [1.165, 1.54) is 0 Å². The highest BCUT2D eigenvalue weighted by atomic mass is 16.3. The highest BCUT2D eigenvalue weighted by Crippen LogP contribution is 2.38. The maximum atomic E-state index is 6.49. The molecule has 1 aliphatic heterocycles. The summed E-state index contributed by atoms with van der Waals surface area (Å²) in [6, 6.07) is 46.1. The van der Waals surface area contributed by atoms with Crippen molar-refractivity contribution in [2.24, 2.45) is 15.9 Å². The van der Waals surface area contributed by atoms with Gasteiger partial charge in [-0.05, 0) is 75.4 Å². The number of allylic oxidation sites excluding steroid dienone is 4. The molecule has 5 aromatic carbocycles. The van der Waals surface area contributed by atoms with E-state index in [1.54, 1.807) is 12.4 Å². The molecule has 0 saturated carbocycles. The minimum atomic E-state index is -0.156. The number of para-hydroxylation sites is 1. The molecule has 0 saturated heterocycles. The van der Waals surface area contributed by atoms with Crippen LogP contribution in [-0.4, -0.2) is 21.5 Å². The van der Waals surface area contributed by atoms with Crippen LogP contribution >= 0.6 is 0 Å². The molecule has 51 heavy (non-hydrogen) atoms. The molecule has 0 bridgehead atoms. The van der Waals surface area contributed by atoms with Gasteiger partial charge in [0.1, 0.15) is 22.9 Å². The molecular weight excluding hydrogens is 625 g/mol. The lowest BCUT2D eigenvalue weighted by Gasteiger charge is -2.13. The van der Waals surface area contributed by atoms with Gasteiger partial charge in [-0.1, -0.05) is 127 Å². The van der Waals surface area contributed by atoms with Gasteiger partial charge in [-0.25, -0.2) is 20.0 Å². The molecule has 5 heteroatoms. The Morgan fingerprint density at radius 3 is 1.92 bits per heavy atom. The first-order valence-electron chi connectivity index (χ1n) is 17.1. The number of furan rings is 1. The van der Waals surface area contributed by atoms with Crippen molar-refractivity contribution in [2.75, 3.05) is 0 Å². The van der Waals surface area contributed by atoms with Crippen LogP contribution in [0.2, 0.25) is 0 Å². The summed E-state index contributed by atoms with van der Waals surface area (Å²) in [7, 11) is 0. The van der Waals surface area contributed by atoms with Gasteiger partial charge >= 0.3 is 0 Å². The van der Waals surface area contributed by atoms with E-state index in [0.717, 1.165) is 78.5 Å². The Morgan fingerprint density at radius 1 is 0.549 bits per heavy atom. The summed E-state index contributed by atoms with van der Waals surface area (Å²) < 4.78 is 6.49. The molecule has 0 spiro atoms. The van der Waals surface area contributed by atoms with Crippen LogP contribution in [0.4, 0.5) is 5.69 Å². The summed E-state index contributed by atoms with van der Waals surface area (Å²) in [6.07, 6.45) is 14.8. The number of hydrogen-bond acceptors (Lipinski definition) is 5.